The third-order valence-corrected chi connectivity index (χ3v) is 3.32. The van der Waals surface area contributed by atoms with Crippen LogP contribution >= 0.6 is 12.2 Å². The molecule has 4 nitrogen and oxygen atoms in total. The Hall–Kier alpha value is -2.24. The van der Waals surface area contributed by atoms with Crippen molar-refractivity contribution in [2.75, 3.05) is 20.3 Å². The van der Waals surface area contributed by atoms with E-state index in [9.17, 15) is 4.79 Å². The molecule has 2 aromatic rings. The van der Waals surface area contributed by atoms with Gasteiger partial charge < -0.3 is 10.1 Å². The Bertz CT molecular complexity index is 627. The highest BCUT2D eigenvalue weighted by Crippen LogP contribution is 2.19. The van der Waals surface area contributed by atoms with Gasteiger partial charge >= 0.3 is 0 Å². The summed E-state index contributed by atoms with van der Waals surface area (Å²) >= 11 is 5.05. The lowest BCUT2D eigenvalue weighted by Crippen LogP contribution is -2.40. The van der Waals surface area contributed by atoms with Gasteiger partial charge in [-0.3, -0.25) is 10.1 Å². The van der Waals surface area contributed by atoms with Crippen LogP contribution in [0.1, 0.15) is 10.4 Å². The molecule has 0 saturated carbocycles. The van der Waals surface area contributed by atoms with E-state index < -0.39 is 0 Å². The molecule has 0 fully saturated rings. The molecule has 2 N–H and O–H groups in total. The van der Waals surface area contributed by atoms with E-state index in [2.05, 4.69) is 10.6 Å². The molecule has 0 unspecified atom stereocenters. The van der Waals surface area contributed by atoms with Crippen LogP contribution in [0.2, 0.25) is 0 Å². The third-order valence-electron chi connectivity index (χ3n) is 3.07. The Morgan fingerprint density at radius 1 is 1.05 bits per heavy atom. The number of nitrogens with one attached hydrogen (secondary N) is 2. The summed E-state index contributed by atoms with van der Waals surface area (Å²) < 4.78 is 4.90. The van der Waals surface area contributed by atoms with Crippen LogP contribution in [0.3, 0.4) is 0 Å². The van der Waals surface area contributed by atoms with E-state index in [0.29, 0.717) is 23.8 Å². The maximum Gasteiger partial charge on any atom is 0.257 e. The van der Waals surface area contributed by atoms with Crippen molar-refractivity contribution in [3.05, 3.63) is 60.2 Å². The van der Waals surface area contributed by atoms with Crippen LogP contribution < -0.4 is 10.6 Å². The van der Waals surface area contributed by atoms with Crippen LogP contribution in [0.4, 0.5) is 0 Å². The number of carbonyl (C=O) groups is 1. The van der Waals surface area contributed by atoms with E-state index in [0.717, 1.165) is 11.1 Å². The molecule has 2 aromatic carbocycles. The zero-order valence-electron chi connectivity index (χ0n) is 12.3. The fourth-order valence-corrected chi connectivity index (χ4v) is 2.13. The zero-order valence-corrected chi connectivity index (χ0v) is 13.2. The quantitative estimate of drug-likeness (QED) is 0.658. The summed E-state index contributed by atoms with van der Waals surface area (Å²) in [7, 11) is 1.61. The molecule has 0 aliphatic carbocycles. The Balaban J connectivity index is 1.95. The molecule has 0 bridgehead atoms. The minimum Gasteiger partial charge on any atom is -0.383 e. The molecule has 0 spiro atoms. The highest BCUT2D eigenvalue weighted by molar-refractivity contribution is 7.80. The van der Waals surface area contributed by atoms with Crippen molar-refractivity contribution >= 4 is 23.2 Å². The van der Waals surface area contributed by atoms with Crippen LogP contribution in [0.5, 0.6) is 0 Å². The smallest absolute Gasteiger partial charge is 0.257 e. The number of methoxy groups -OCH3 is 1. The van der Waals surface area contributed by atoms with E-state index >= 15 is 0 Å². The van der Waals surface area contributed by atoms with Gasteiger partial charge in [-0.05, 0) is 35.5 Å². The van der Waals surface area contributed by atoms with Crippen molar-refractivity contribution in [3.63, 3.8) is 0 Å². The summed E-state index contributed by atoms with van der Waals surface area (Å²) in [5.74, 6) is -0.227. The van der Waals surface area contributed by atoms with Gasteiger partial charge in [-0.2, -0.15) is 0 Å². The molecular weight excluding hydrogens is 296 g/mol. The lowest BCUT2D eigenvalue weighted by molar-refractivity contribution is 0.0976. The number of hydrogen-bond acceptors (Lipinski definition) is 3. The number of hydrogen-bond donors (Lipinski definition) is 2. The number of ether oxygens (including phenoxy) is 1. The molecule has 5 heteroatoms. The highest BCUT2D eigenvalue weighted by atomic mass is 32.1. The van der Waals surface area contributed by atoms with Gasteiger partial charge in [-0.15, -0.1) is 0 Å². The van der Waals surface area contributed by atoms with E-state index in [4.69, 9.17) is 17.0 Å². The van der Waals surface area contributed by atoms with Crippen LogP contribution in [0.25, 0.3) is 11.1 Å². The monoisotopic (exact) mass is 314 g/mol. The van der Waals surface area contributed by atoms with Gasteiger partial charge in [0.25, 0.3) is 5.91 Å². The number of carbonyl (C=O) groups excluding carboxylic acids is 1. The SMILES string of the molecule is COCCNC(=S)NC(=O)c1ccc(-c2ccccc2)cc1. The van der Waals surface area contributed by atoms with E-state index in [1.54, 1.807) is 19.2 Å². The van der Waals surface area contributed by atoms with Gasteiger partial charge in [0.05, 0.1) is 6.61 Å². The molecule has 0 aliphatic heterocycles. The second kappa shape index (κ2) is 8.26. The predicted molar refractivity (Wildman–Crippen MR) is 91.8 cm³/mol. The molecular formula is C17H18N2O2S. The average molecular weight is 314 g/mol. The fraction of sp³-hybridized carbons (Fsp3) is 0.176. The molecule has 0 aliphatic rings. The normalized spacial score (nSPS) is 10.0. The van der Waals surface area contributed by atoms with Crippen LogP contribution in [0.15, 0.2) is 54.6 Å². The lowest BCUT2D eigenvalue weighted by atomic mass is 10.0. The number of amides is 1. The van der Waals surface area contributed by atoms with Crippen LogP contribution in [0, 0.1) is 0 Å². The van der Waals surface area contributed by atoms with Crippen molar-refractivity contribution < 1.29 is 9.53 Å². The lowest BCUT2D eigenvalue weighted by Gasteiger charge is -2.09. The highest BCUT2D eigenvalue weighted by Gasteiger charge is 2.07. The first-order valence-corrected chi connectivity index (χ1v) is 7.35. The van der Waals surface area contributed by atoms with Gasteiger partial charge in [0, 0.05) is 19.2 Å². The molecule has 0 saturated heterocycles. The first-order valence-electron chi connectivity index (χ1n) is 6.94. The Morgan fingerprint density at radius 2 is 1.68 bits per heavy atom. The number of benzene rings is 2. The predicted octanol–water partition coefficient (Wildman–Crippen LogP) is 2.60. The largest absolute Gasteiger partial charge is 0.383 e. The summed E-state index contributed by atoms with van der Waals surface area (Å²) in [6, 6.07) is 17.4. The maximum absolute atomic E-state index is 12.1. The van der Waals surface area contributed by atoms with Crippen LogP contribution in [-0.2, 0) is 4.74 Å². The molecule has 0 radical (unpaired) electrons. The second-order valence-electron chi connectivity index (χ2n) is 4.65. The van der Waals surface area contributed by atoms with E-state index in [-0.39, 0.29) is 5.91 Å². The molecule has 0 atom stereocenters. The van der Waals surface area contributed by atoms with Gasteiger partial charge in [0.15, 0.2) is 5.11 Å². The summed E-state index contributed by atoms with van der Waals surface area (Å²) in [6.07, 6.45) is 0. The molecule has 0 heterocycles. The van der Waals surface area contributed by atoms with E-state index in [1.165, 1.54) is 0 Å². The molecule has 22 heavy (non-hydrogen) atoms. The molecule has 2 rings (SSSR count). The zero-order chi connectivity index (χ0) is 15.8. The molecule has 1 amide bonds. The molecule has 0 aromatic heterocycles. The van der Waals surface area contributed by atoms with E-state index in [1.807, 2.05) is 42.5 Å². The fourth-order valence-electron chi connectivity index (χ4n) is 1.93. The average Bonchev–Trinajstić information content (AvgIpc) is 2.56. The van der Waals surface area contributed by atoms with Crippen molar-refractivity contribution in [2.24, 2.45) is 0 Å². The van der Waals surface area contributed by atoms with Crippen molar-refractivity contribution in [1.29, 1.82) is 0 Å². The minimum atomic E-state index is -0.227. The van der Waals surface area contributed by atoms with Gasteiger partial charge in [0.2, 0.25) is 0 Å². The van der Waals surface area contributed by atoms with Crippen molar-refractivity contribution in [1.82, 2.24) is 10.6 Å². The minimum absolute atomic E-state index is 0.227. The summed E-state index contributed by atoms with van der Waals surface area (Å²) in [6.45, 7) is 1.09. The number of rotatable bonds is 5. The topological polar surface area (TPSA) is 50.4 Å². The summed E-state index contributed by atoms with van der Waals surface area (Å²) in [5.41, 5.74) is 2.75. The summed E-state index contributed by atoms with van der Waals surface area (Å²) in [5, 5.41) is 5.84. The standard InChI is InChI=1S/C17H18N2O2S/c1-21-12-11-18-17(22)19-16(20)15-9-7-14(8-10-15)13-5-3-2-4-6-13/h2-10H,11-12H2,1H3,(H2,18,19,20,22). The first kappa shape index (κ1) is 16.1. The first-order chi connectivity index (χ1) is 10.7. The van der Waals surface area contributed by atoms with Gasteiger partial charge in [-0.25, -0.2) is 0 Å². The Morgan fingerprint density at radius 3 is 2.32 bits per heavy atom. The molecule has 114 valence electrons. The Labute approximate surface area is 135 Å². The number of thiocarbonyl (C=S) groups is 1. The van der Waals surface area contributed by atoms with Crippen molar-refractivity contribution in [2.45, 2.75) is 0 Å². The van der Waals surface area contributed by atoms with Gasteiger partial charge in [-0.1, -0.05) is 42.5 Å². The maximum atomic E-state index is 12.1. The third kappa shape index (κ3) is 4.65. The Kier molecular flexibility index (Phi) is 6.06. The second-order valence-corrected chi connectivity index (χ2v) is 5.05. The van der Waals surface area contributed by atoms with Crippen molar-refractivity contribution in [3.8, 4) is 11.1 Å². The summed E-state index contributed by atoms with van der Waals surface area (Å²) in [4.78, 5) is 12.1. The van der Waals surface area contributed by atoms with Crippen LogP contribution in [-0.4, -0.2) is 31.3 Å². The van der Waals surface area contributed by atoms with Gasteiger partial charge in [0.1, 0.15) is 0 Å².